The van der Waals surface area contributed by atoms with Crippen molar-refractivity contribution in [1.82, 2.24) is 0 Å². The van der Waals surface area contributed by atoms with Gasteiger partial charge in [0.2, 0.25) is 0 Å². The molecule has 0 aromatic heterocycles. The largest absolute Gasteiger partial charge is 0.482 e. The van der Waals surface area contributed by atoms with E-state index in [9.17, 15) is 9.90 Å². The molecular weight excluding hydrogens is 1010 g/mol. The molecule has 6 heterocycles. The third-order valence-electron chi connectivity index (χ3n) is 19.2. The standard InChI is InChI=1S/C47H84O14Si8/c1-39(47(48)49)37-38-62-50-63(40-23-9-2-10-24-40)53-66(43-29-15-5-16-30-43)55-64(51-62,41-25-11-3-12-26-41)57-68(45-33-19-7-20-34-45)58-65(52-62,42-27-13-4-14-28-42)56-67(54-63,44-31-17-6-18-32-44)60-69(59-66,61-68)46-35-21-8-22-36-46/h37,40-46H,2-36,38H2,1H3,(H,48,49)/b39-37+. The van der Waals surface area contributed by atoms with E-state index in [2.05, 4.69) is 0 Å². The van der Waals surface area contributed by atoms with Crippen LogP contribution in [0.15, 0.2) is 11.6 Å². The molecule has 13 rings (SSSR count). The summed E-state index contributed by atoms with van der Waals surface area (Å²) in [5.41, 5.74) is -0.105. The molecule has 0 spiro atoms. The van der Waals surface area contributed by atoms with Gasteiger partial charge in [0.05, 0.1) is 0 Å². The van der Waals surface area contributed by atoms with Crippen LogP contribution in [0, 0.1) is 0 Å². The first-order valence-electron chi connectivity index (χ1n) is 28.9. The van der Waals surface area contributed by atoms with Gasteiger partial charge in [0, 0.05) is 50.4 Å². The van der Waals surface area contributed by atoms with Crippen LogP contribution in [-0.4, -0.2) is 81.5 Å². The summed E-state index contributed by atoms with van der Waals surface area (Å²) in [5.74, 6) is -0.974. The van der Waals surface area contributed by atoms with E-state index in [1.54, 1.807) is 13.0 Å². The van der Waals surface area contributed by atoms with Crippen molar-refractivity contribution in [3.63, 3.8) is 0 Å². The maximum atomic E-state index is 12.9. The minimum absolute atomic E-state index is 0.00187. The number of hydrogen-bond acceptors (Lipinski definition) is 13. The van der Waals surface area contributed by atoms with Crippen molar-refractivity contribution in [2.24, 2.45) is 0 Å². The van der Waals surface area contributed by atoms with Gasteiger partial charge in [0.25, 0.3) is 0 Å². The lowest BCUT2D eigenvalue weighted by atomic mass is 10.0. The molecule has 8 bridgehead atoms. The highest BCUT2D eigenvalue weighted by molar-refractivity contribution is 7.04. The molecule has 6 saturated heterocycles. The van der Waals surface area contributed by atoms with Gasteiger partial charge >= 0.3 is 76.4 Å². The molecule has 13 aliphatic rings. The normalized spacial score (nSPS) is 45.4. The molecule has 0 unspecified atom stereocenters. The smallest absolute Gasteiger partial charge is 0.478 e. The zero-order chi connectivity index (χ0) is 46.8. The minimum atomic E-state index is -4.32. The zero-order valence-electron chi connectivity index (χ0n) is 41.8. The average molecular weight is 1100 g/mol. The summed E-state index contributed by atoms with van der Waals surface area (Å²) in [5, 5.41) is 10.5. The Morgan fingerprint density at radius 3 is 0.681 bits per heavy atom. The molecule has 22 heteroatoms. The predicted molar refractivity (Wildman–Crippen MR) is 273 cm³/mol. The van der Waals surface area contributed by atoms with Crippen LogP contribution in [0.5, 0.6) is 0 Å². The van der Waals surface area contributed by atoms with Crippen molar-refractivity contribution < 1.29 is 59.3 Å². The highest BCUT2D eigenvalue weighted by atomic mass is 28.6. The van der Waals surface area contributed by atoms with E-state index in [0.717, 1.165) is 199 Å². The minimum Gasteiger partial charge on any atom is -0.478 e. The maximum absolute atomic E-state index is 12.9. The van der Waals surface area contributed by atoms with Crippen molar-refractivity contribution in [1.29, 1.82) is 0 Å². The van der Waals surface area contributed by atoms with Gasteiger partial charge in [0.1, 0.15) is 0 Å². The second kappa shape index (κ2) is 20.1. The van der Waals surface area contributed by atoms with Crippen LogP contribution >= 0.6 is 0 Å². The Hall–Kier alpha value is 0.465. The Kier molecular flexibility index (Phi) is 14.7. The van der Waals surface area contributed by atoms with Gasteiger partial charge in [-0.2, -0.15) is 0 Å². The second-order valence-electron chi connectivity index (χ2n) is 23.9. The lowest BCUT2D eigenvalue weighted by Crippen LogP contribution is -2.91. The molecule has 0 amide bonds. The summed E-state index contributed by atoms with van der Waals surface area (Å²) in [6.07, 6.45) is 37.4. The molecule has 7 aliphatic carbocycles. The van der Waals surface area contributed by atoms with Crippen molar-refractivity contribution >= 4 is 76.4 Å². The number of carboxylic acids is 1. The van der Waals surface area contributed by atoms with E-state index in [4.69, 9.17) is 49.4 Å². The summed E-state index contributed by atoms with van der Waals surface area (Å²) in [6, 6.07) is 0.110. The van der Waals surface area contributed by atoms with Crippen molar-refractivity contribution in [2.45, 2.75) is 276 Å². The lowest BCUT2D eigenvalue weighted by molar-refractivity contribution is -0.132. The molecule has 1 N–H and O–H groups in total. The molecule has 0 radical (unpaired) electrons. The fraction of sp³-hybridized carbons (Fsp3) is 0.936. The molecule has 14 nitrogen and oxygen atoms in total. The summed E-state index contributed by atoms with van der Waals surface area (Å²) in [7, 11) is -33.2. The predicted octanol–water partition coefficient (Wildman–Crippen LogP) is 13.1. The zero-order valence-corrected chi connectivity index (χ0v) is 49.8. The summed E-state index contributed by atoms with van der Waals surface area (Å²) < 4.78 is 103. The molecule has 0 atom stereocenters. The number of aliphatic carboxylic acids is 1. The SMILES string of the molecule is C/C(=C\C[Si]12O[Si]3(C4CCCCC4)O[Si]4(C5CCCCC5)O[Si](C5CCCCC5)(O1)O[Si]1(C5CCCCC5)O[Si](C5CCCCC5)(O2)O[Si](C2CCCCC2)(O3)O[Si](C2CCCCC2)(O4)O1)C(=O)O. The highest BCUT2D eigenvalue weighted by Crippen LogP contribution is 2.65. The molecule has 0 aromatic rings. The van der Waals surface area contributed by atoms with Gasteiger partial charge in [0.15, 0.2) is 0 Å². The topological polar surface area (TPSA) is 148 Å². The third kappa shape index (κ3) is 9.29. The van der Waals surface area contributed by atoms with Crippen LogP contribution in [0.3, 0.4) is 0 Å². The molecule has 13 fully saturated rings. The van der Waals surface area contributed by atoms with Crippen molar-refractivity contribution in [2.75, 3.05) is 0 Å². The number of rotatable bonds is 10. The van der Waals surface area contributed by atoms with E-state index in [-0.39, 0.29) is 50.4 Å². The number of allylic oxidation sites excluding steroid dienone is 1. The quantitative estimate of drug-likeness (QED) is 0.163. The highest BCUT2D eigenvalue weighted by Gasteiger charge is 2.88. The van der Waals surface area contributed by atoms with Crippen molar-refractivity contribution in [3.8, 4) is 0 Å². The Balaban J connectivity index is 1.19. The molecular formula is C47H84O14Si8. The van der Waals surface area contributed by atoms with Crippen LogP contribution in [0.4, 0.5) is 0 Å². The van der Waals surface area contributed by atoms with Crippen LogP contribution in [0.25, 0.3) is 0 Å². The third-order valence-corrected chi connectivity index (χ3v) is 58.6. The molecule has 6 aliphatic heterocycles. The van der Waals surface area contributed by atoms with E-state index >= 15 is 0 Å². The van der Waals surface area contributed by atoms with Gasteiger partial charge in [-0.05, 0) is 96.8 Å². The Morgan fingerprint density at radius 1 is 0.333 bits per heavy atom. The van der Waals surface area contributed by atoms with E-state index in [1.165, 1.54) is 25.7 Å². The Bertz CT molecular complexity index is 1670. The van der Waals surface area contributed by atoms with Crippen LogP contribution in [0.2, 0.25) is 44.8 Å². The summed E-state index contributed by atoms with van der Waals surface area (Å²) in [4.78, 5) is 12.9. The first-order valence-corrected chi connectivity index (χ1v) is 43.4. The fourth-order valence-electron chi connectivity index (χ4n) is 15.4. The molecule has 7 saturated carbocycles. The van der Waals surface area contributed by atoms with Crippen LogP contribution < -0.4 is 0 Å². The fourth-order valence-corrected chi connectivity index (χ4v) is 71.2. The first-order chi connectivity index (χ1) is 33.5. The second-order valence-corrected chi connectivity index (χ2v) is 49.6. The molecule has 69 heavy (non-hydrogen) atoms. The van der Waals surface area contributed by atoms with E-state index in [1.807, 2.05) is 0 Å². The Labute approximate surface area is 421 Å². The van der Waals surface area contributed by atoms with E-state index < -0.39 is 76.4 Å². The van der Waals surface area contributed by atoms with Crippen molar-refractivity contribution in [3.05, 3.63) is 11.6 Å². The van der Waals surface area contributed by atoms with Gasteiger partial charge < -0.3 is 54.5 Å². The van der Waals surface area contributed by atoms with Gasteiger partial charge in [-0.1, -0.05) is 141 Å². The monoisotopic (exact) mass is 1100 g/mol. The number of carboxylic acid groups (broad SMARTS) is 1. The van der Waals surface area contributed by atoms with Crippen LogP contribution in [-0.2, 0) is 54.2 Å². The average Bonchev–Trinajstić information content (AvgIpc) is 3.37. The molecule has 388 valence electrons. The molecule has 0 aromatic carbocycles. The first kappa shape index (κ1) is 50.3. The van der Waals surface area contributed by atoms with Gasteiger partial charge in [-0.25, -0.2) is 4.79 Å². The lowest BCUT2D eigenvalue weighted by Gasteiger charge is -2.68. The van der Waals surface area contributed by atoms with E-state index in [0.29, 0.717) is 0 Å². The maximum Gasteiger partial charge on any atom is 0.482 e. The van der Waals surface area contributed by atoms with Gasteiger partial charge in [-0.15, -0.1) is 0 Å². The summed E-state index contributed by atoms with van der Waals surface area (Å²) >= 11 is 0. The summed E-state index contributed by atoms with van der Waals surface area (Å²) in [6.45, 7) is 1.67. The number of carbonyl (C=O) groups is 1. The van der Waals surface area contributed by atoms with Crippen LogP contribution in [0.1, 0.15) is 232 Å². The number of hydrogen-bond donors (Lipinski definition) is 1. The Morgan fingerprint density at radius 2 is 0.507 bits per heavy atom. The van der Waals surface area contributed by atoms with Gasteiger partial charge in [-0.3, -0.25) is 0 Å².